The standard InChI is InChI=1S/C18H14N2O3/c21-18(22)12-5-6-16-15(9-12)17(20-8-7-19-11-20)14-4-2-1-3-13(14)10-23-16/h1-9,11,17H,10H2,(H,21,22). The molecule has 1 unspecified atom stereocenters. The van der Waals surface area contributed by atoms with E-state index in [4.69, 9.17) is 4.74 Å². The second-order valence-corrected chi connectivity index (χ2v) is 5.46. The first-order valence-electron chi connectivity index (χ1n) is 7.29. The highest BCUT2D eigenvalue weighted by Gasteiger charge is 2.26. The number of benzene rings is 2. The van der Waals surface area contributed by atoms with Crippen molar-refractivity contribution in [1.29, 1.82) is 0 Å². The summed E-state index contributed by atoms with van der Waals surface area (Å²) in [5.41, 5.74) is 3.25. The van der Waals surface area contributed by atoms with Gasteiger partial charge in [-0.15, -0.1) is 0 Å². The topological polar surface area (TPSA) is 64.3 Å². The fraction of sp³-hybridized carbons (Fsp3) is 0.111. The van der Waals surface area contributed by atoms with E-state index < -0.39 is 5.97 Å². The SMILES string of the molecule is O=C(O)c1ccc2c(c1)C(n1ccnc1)c1ccccc1CO2. The van der Waals surface area contributed by atoms with Gasteiger partial charge in [-0.1, -0.05) is 24.3 Å². The maximum Gasteiger partial charge on any atom is 0.335 e. The zero-order valence-corrected chi connectivity index (χ0v) is 12.2. The van der Waals surface area contributed by atoms with Crippen LogP contribution >= 0.6 is 0 Å². The van der Waals surface area contributed by atoms with Gasteiger partial charge in [0.2, 0.25) is 0 Å². The third-order valence-electron chi connectivity index (χ3n) is 4.11. The van der Waals surface area contributed by atoms with Crippen molar-refractivity contribution in [2.75, 3.05) is 0 Å². The summed E-state index contributed by atoms with van der Waals surface area (Å²) < 4.78 is 7.88. The number of aromatic nitrogens is 2. The molecule has 0 amide bonds. The molecule has 0 fully saturated rings. The van der Waals surface area contributed by atoms with Crippen LogP contribution in [-0.4, -0.2) is 20.6 Å². The predicted molar refractivity (Wildman–Crippen MR) is 83.6 cm³/mol. The van der Waals surface area contributed by atoms with Crippen molar-refractivity contribution in [3.8, 4) is 5.75 Å². The molecule has 0 saturated carbocycles. The Bertz CT molecular complexity index is 872. The lowest BCUT2D eigenvalue weighted by atomic mass is 9.93. The van der Waals surface area contributed by atoms with Crippen molar-refractivity contribution >= 4 is 5.97 Å². The Balaban J connectivity index is 1.98. The van der Waals surface area contributed by atoms with Crippen LogP contribution in [0.15, 0.2) is 61.2 Å². The number of carboxylic acid groups (broad SMARTS) is 1. The van der Waals surface area contributed by atoms with Crippen LogP contribution in [0.25, 0.3) is 0 Å². The van der Waals surface area contributed by atoms with Crippen molar-refractivity contribution in [1.82, 2.24) is 9.55 Å². The average Bonchev–Trinajstić information content (AvgIpc) is 3.03. The van der Waals surface area contributed by atoms with Crippen LogP contribution in [0.5, 0.6) is 5.75 Å². The number of carboxylic acids is 1. The number of aromatic carboxylic acids is 1. The van der Waals surface area contributed by atoms with Crippen LogP contribution in [-0.2, 0) is 6.61 Å². The van der Waals surface area contributed by atoms with Gasteiger partial charge in [-0.25, -0.2) is 9.78 Å². The summed E-state index contributed by atoms with van der Waals surface area (Å²) in [5, 5.41) is 9.31. The lowest BCUT2D eigenvalue weighted by molar-refractivity contribution is 0.0696. The molecule has 0 aliphatic carbocycles. The summed E-state index contributed by atoms with van der Waals surface area (Å²) in [6.07, 6.45) is 5.34. The van der Waals surface area contributed by atoms with Gasteiger partial charge < -0.3 is 14.4 Å². The third-order valence-corrected chi connectivity index (χ3v) is 4.11. The second kappa shape index (κ2) is 5.28. The number of nitrogens with zero attached hydrogens (tertiary/aromatic N) is 2. The predicted octanol–water partition coefficient (Wildman–Crippen LogP) is 3.11. The molecular weight excluding hydrogens is 292 g/mol. The summed E-state index contributed by atoms with van der Waals surface area (Å²) >= 11 is 0. The summed E-state index contributed by atoms with van der Waals surface area (Å²) in [6, 6.07) is 12.9. The zero-order valence-electron chi connectivity index (χ0n) is 12.2. The van der Waals surface area contributed by atoms with E-state index in [1.54, 1.807) is 30.7 Å². The van der Waals surface area contributed by atoms with Crippen LogP contribution in [0, 0.1) is 0 Å². The molecule has 2 heterocycles. The first-order valence-corrected chi connectivity index (χ1v) is 7.29. The lowest BCUT2D eigenvalue weighted by Gasteiger charge is -2.20. The molecule has 114 valence electrons. The molecule has 1 atom stereocenters. The Hall–Kier alpha value is -3.08. The van der Waals surface area contributed by atoms with Gasteiger partial charge in [0.25, 0.3) is 0 Å². The molecule has 5 heteroatoms. The third kappa shape index (κ3) is 2.26. The van der Waals surface area contributed by atoms with Gasteiger partial charge >= 0.3 is 5.97 Å². The summed E-state index contributed by atoms with van der Waals surface area (Å²) in [4.78, 5) is 15.5. The highest BCUT2D eigenvalue weighted by Crippen LogP contribution is 2.38. The van der Waals surface area contributed by atoms with Crippen LogP contribution in [0.4, 0.5) is 0 Å². The van der Waals surface area contributed by atoms with E-state index >= 15 is 0 Å². The summed E-state index contributed by atoms with van der Waals surface area (Å²) in [6.45, 7) is 0.459. The summed E-state index contributed by atoms with van der Waals surface area (Å²) in [7, 11) is 0. The molecule has 0 saturated heterocycles. The molecule has 1 N–H and O–H groups in total. The lowest BCUT2D eigenvalue weighted by Crippen LogP contribution is -2.12. The molecule has 1 aromatic heterocycles. The number of imidazole rings is 1. The molecule has 23 heavy (non-hydrogen) atoms. The van der Waals surface area contributed by atoms with E-state index in [0.29, 0.717) is 12.4 Å². The van der Waals surface area contributed by atoms with Crippen LogP contribution in [0.1, 0.15) is 33.1 Å². The van der Waals surface area contributed by atoms with E-state index in [2.05, 4.69) is 4.98 Å². The number of ether oxygens (including phenoxy) is 1. The normalized spacial score (nSPS) is 15.9. The van der Waals surface area contributed by atoms with Crippen LogP contribution in [0.3, 0.4) is 0 Å². The zero-order chi connectivity index (χ0) is 15.8. The molecule has 0 spiro atoms. The van der Waals surface area contributed by atoms with E-state index in [1.807, 2.05) is 35.0 Å². The Kier molecular flexibility index (Phi) is 3.12. The number of hydrogen-bond donors (Lipinski definition) is 1. The molecule has 0 bridgehead atoms. The monoisotopic (exact) mass is 306 g/mol. The molecule has 3 aromatic rings. The highest BCUT2D eigenvalue weighted by atomic mass is 16.5. The molecule has 0 radical (unpaired) electrons. The molecule has 1 aliphatic rings. The van der Waals surface area contributed by atoms with Crippen molar-refractivity contribution in [2.45, 2.75) is 12.6 Å². The Morgan fingerprint density at radius 3 is 2.87 bits per heavy atom. The number of carbonyl (C=O) groups is 1. The fourth-order valence-corrected chi connectivity index (χ4v) is 3.03. The fourth-order valence-electron chi connectivity index (χ4n) is 3.03. The van der Waals surface area contributed by atoms with Gasteiger partial charge in [0.1, 0.15) is 12.4 Å². The second-order valence-electron chi connectivity index (χ2n) is 5.46. The number of rotatable bonds is 2. The maximum absolute atomic E-state index is 11.4. The van der Waals surface area contributed by atoms with Gasteiger partial charge in [-0.2, -0.15) is 0 Å². The van der Waals surface area contributed by atoms with E-state index in [-0.39, 0.29) is 11.6 Å². The van der Waals surface area contributed by atoms with Gasteiger partial charge in [-0.05, 0) is 29.3 Å². The van der Waals surface area contributed by atoms with Crippen LogP contribution < -0.4 is 4.74 Å². The van der Waals surface area contributed by atoms with E-state index in [0.717, 1.165) is 16.7 Å². The van der Waals surface area contributed by atoms with Gasteiger partial charge in [0, 0.05) is 18.0 Å². The Labute approximate surface area is 132 Å². The van der Waals surface area contributed by atoms with Gasteiger partial charge in [-0.3, -0.25) is 0 Å². The number of hydrogen-bond acceptors (Lipinski definition) is 3. The van der Waals surface area contributed by atoms with Crippen molar-refractivity contribution < 1.29 is 14.6 Å². The smallest absolute Gasteiger partial charge is 0.335 e. The average molecular weight is 306 g/mol. The van der Waals surface area contributed by atoms with Crippen molar-refractivity contribution in [3.05, 3.63) is 83.4 Å². The quantitative estimate of drug-likeness (QED) is 0.790. The molecule has 4 rings (SSSR count). The first-order chi connectivity index (χ1) is 11.2. The Morgan fingerprint density at radius 2 is 2.09 bits per heavy atom. The van der Waals surface area contributed by atoms with Gasteiger partial charge in [0.05, 0.1) is 17.9 Å². The molecule has 5 nitrogen and oxygen atoms in total. The van der Waals surface area contributed by atoms with E-state index in [9.17, 15) is 9.90 Å². The molecular formula is C18H14N2O3. The van der Waals surface area contributed by atoms with Crippen LogP contribution in [0.2, 0.25) is 0 Å². The molecule has 1 aliphatic heterocycles. The first kappa shape index (κ1) is 13.6. The largest absolute Gasteiger partial charge is 0.489 e. The number of fused-ring (bicyclic) bond motifs is 2. The minimum absolute atomic E-state index is 0.162. The maximum atomic E-state index is 11.4. The summed E-state index contributed by atoms with van der Waals surface area (Å²) in [5.74, 6) is -0.250. The molecule has 2 aromatic carbocycles. The minimum Gasteiger partial charge on any atom is -0.489 e. The minimum atomic E-state index is -0.949. The Morgan fingerprint density at radius 1 is 1.22 bits per heavy atom. The van der Waals surface area contributed by atoms with Crippen molar-refractivity contribution in [2.24, 2.45) is 0 Å². The van der Waals surface area contributed by atoms with E-state index in [1.165, 1.54) is 0 Å². The van der Waals surface area contributed by atoms with Crippen molar-refractivity contribution in [3.63, 3.8) is 0 Å². The van der Waals surface area contributed by atoms with Gasteiger partial charge in [0.15, 0.2) is 0 Å². The highest BCUT2D eigenvalue weighted by molar-refractivity contribution is 5.88.